The highest BCUT2D eigenvalue weighted by Crippen LogP contribution is 2.49. The lowest BCUT2D eigenvalue weighted by Crippen LogP contribution is -2.67. The molecule has 3 aromatic carbocycles. The number of fused-ring (bicyclic) bond motifs is 1. The van der Waals surface area contributed by atoms with Crippen LogP contribution in [0.4, 0.5) is 0 Å². The highest BCUT2D eigenvalue weighted by Gasteiger charge is 2.51. The van der Waals surface area contributed by atoms with E-state index < -0.39 is 46.5 Å². The first kappa shape index (κ1) is 40.1. The van der Waals surface area contributed by atoms with Crippen molar-refractivity contribution in [3.05, 3.63) is 78.4 Å². The Bertz CT molecular complexity index is 1580. The molecule has 4 rings (SSSR count). The third-order valence-electron chi connectivity index (χ3n) is 10.2. The summed E-state index contributed by atoms with van der Waals surface area (Å²) in [4.78, 5) is 25.0. The maximum absolute atomic E-state index is 12.5. The standard InChI is InChI=1S/C40H56O9Si2/c1-28(41)44-24-30(25-48-51(40(6,7)8,31-18-14-12-15-19-31)32-20-16-13-17-21-32)34(26-45-29(2)42)38(49-50(10,11)39(3,4)5)33-22-36-37(47-27-46-36)23-35(33)43-9/h12-23,30,34,38H,24-27H2,1-11H3/t30-,34-,38-/m1/s1. The normalized spacial score (nSPS) is 15.1. The van der Waals surface area contributed by atoms with Crippen LogP contribution in [0.5, 0.6) is 17.2 Å². The van der Waals surface area contributed by atoms with Crippen molar-refractivity contribution in [2.45, 2.75) is 84.7 Å². The van der Waals surface area contributed by atoms with Gasteiger partial charge in [-0.05, 0) is 39.6 Å². The summed E-state index contributed by atoms with van der Waals surface area (Å²) in [7, 11) is -3.94. The number of rotatable bonds is 15. The average molecular weight is 737 g/mol. The second-order valence-corrected chi connectivity index (χ2v) is 24.8. The second kappa shape index (κ2) is 16.4. The van der Waals surface area contributed by atoms with Gasteiger partial charge in [0.25, 0.3) is 8.32 Å². The van der Waals surface area contributed by atoms with Crippen molar-refractivity contribution in [3.8, 4) is 17.2 Å². The molecule has 0 saturated carbocycles. The minimum atomic E-state index is -3.02. The van der Waals surface area contributed by atoms with Gasteiger partial charge in [0.1, 0.15) is 5.75 Å². The predicted molar refractivity (Wildman–Crippen MR) is 204 cm³/mol. The van der Waals surface area contributed by atoms with E-state index in [0.717, 1.165) is 15.9 Å². The Morgan fingerprint density at radius 2 is 1.25 bits per heavy atom. The Balaban J connectivity index is 1.94. The predicted octanol–water partition coefficient (Wildman–Crippen LogP) is 7.42. The number of hydrogen-bond donors (Lipinski definition) is 0. The van der Waals surface area contributed by atoms with Gasteiger partial charge in [-0.25, -0.2) is 0 Å². The molecule has 51 heavy (non-hydrogen) atoms. The van der Waals surface area contributed by atoms with Gasteiger partial charge in [0.2, 0.25) is 6.79 Å². The smallest absolute Gasteiger partial charge is 0.302 e. The van der Waals surface area contributed by atoms with Gasteiger partial charge in [0.15, 0.2) is 19.8 Å². The Morgan fingerprint density at radius 1 is 0.745 bits per heavy atom. The quantitative estimate of drug-likeness (QED) is 0.117. The van der Waals surface area contributed by atoms with E-state index in [-0.39, 0.29) is 36.7 Å². The Hall–Kier alpha value is -3.65. The van der Waals surface area contributed by atoms with Crippen LogP contribution in [0.2, 0.25) is 23.2 Å². The Morgan fingerprint density at radius 3 is 1.73 bits per heavy atom. The third kappa shape index (κ3) is 9.24. The molecule has 0 bridgehead atoms. The van der Waals surface area contributed by atoms with Crippen LogP contribution in [-0.4, -0.2) is 62.3 Å². The molecular weight excluding hydrogens is 681 g/mol. The molecule has 0 saturated heterocycles. The molecule has 3 atom stereocenters. The van der Waals surface area contributed by atoms with Crippen LogP contribution in [0.1, 0.15) is 67.1 Å². The highest BCUT2D eigenvalue weighted by molar-refractivity contribution is 6.99. The molecule has 0 unspecified atom stereocenters. The van der Waals surface area contributed by atoms with Gasteiger partial charge in [0.05, 0.1) is 26.4 Å². The lowest BCUT2D eigenvalue weighted by Gasteiger charge is -2.46. The lowest BCUT2D eigenvalue weighted by atomic mass is 9.85. The second-order valence-electron chi connectivity index (χ2n) is 15.7. The maximum Gasteiger partial charge on any atom is 0.302 e. The van der Waals surface area contributed by atoms with E-state index >= 15 is 0 Å². The van der Waals surface area contributed by atoms with Gasteiger partial charge < -0.3 is 32.5 Å². The molecule has 0 aliphatic carbocycles. The van der Waals surface area contributed by atoms with Crippen molar-refractivity contribution in [1.82, 2.24) is 0 Å². The third-order valence-corrected chi connectivity index (χ3v) is 19.6. The Labute approximate surface area is 306 Å². The van der Waals surface area contributed by atoms with Crippen LogP contribution in [0.15, 0.2) is 72.8 Å². The van der Waals surface area contributed by atoms with Crippen molar-refractivity contribution in [2.75, 3.05) is 33.7 Å². The summed E-state index contributed by atoms with van der Waals surface area (Å²) in [6.45, 7) is 20.6. The van der Waals surface area contributed by atoms with Gasteiger partial charge in [-0.3, -0.25) is 9.59 Å². The summed E-state index contributed by atoms with van der Waals surface area (Å²) in [6, 6.07) is 24.5. The zero-order chi connectivity index (χ0) is 37.6. The van der Waals surface area contributed by atoms with Crippen molar-refractivity contribution in [2.24, 2.45) is 11.8 Å². The van der Waals surface area contributed by atoms with Crippen molar-refractivity contribution >= 4 is 38.9 Å². The van der Waals surface area contributed by atoms with E-state index in [1.165, 1.54) is 13.8 Å². The molecule has 11 heteroatoms. The lowest BCUT2D eigenvalue weighted by molar-refractivity contribution is -0.150. The molecule has 9 nitrogen and oxygen atoms in total. The molecule has 0 aromatic heterocycles. The minimum Gasteiger partial charge on any atom is -0.496 e. The summed E-state index contributed by atoms with van der Waals surface area (Å²) >= 11 is 0. The minimum absolute atomic E-state index is 0.0116. The highest BCUT2D eigenvalue weighted by atomic mass is 28.4. The first-order chi connectivity index (χ1) is 23.9. The fourth-order valence-corrected chi connectivity index (χ4v) is 12.3. The summed E-state index contributed by atoms with van der Waals surface area (Å²) in [5, 5.41) is 1.78. The van der Waals surface area contributed by atoms with Gasteiger partial charge in [0, 0.05) is 43.9 Å². The van der Waals surface area contributed by atoms with Crippen LogP contribution in [0.3, 0.4) is 0 Å². The number of hydrogen-bond acceptors (Lipinski definition) is 9. The van der Waals surface area contributed by atoms with E-state index in [9.17, 15) is 9.59 Å². The summed E-state index contributed by atoms with van der Waals surface area (Å²) < 4.78 is 43.9. The number of carbonyl (C=O) groups is 2. The summed E-state index contributed by atoms with van der Waals surface area (Å²) in [5.74, 6) is -0.155. The van der Waals surface area contributed by atoms with Crippen molar-refractivity contribution in [1.29, 1.82) is 0 Å². The van der Waals surface area contributed by atoms with Crippen LogP contribution < -0.4 is 24.6 Å². The molecule has 0 fully saturated rings. The van der Waals surface area contributed by atoms with Crippen LogP contribution in [0, 0.1) is 11.8 Å². The van der Waals surface area contributed by atoms with Crippen molar-refractivity contribution in [3.63, 3.8) is 0 Å². The zero-order valence-corrected chi connectivity index (χ0v) is 34.2. The molecular formula is C40H56O9Si2. The molecule has 1 aliphatic heterocycles. The number of carbonyl (C=O) groups excluding carboxylic acids is 2. The van der Waals surface area contributed by atoms with E-state index in [1.807, 2.05) is 48.5 Å². The van der Waals surface area contributed by atoms with Gasteiger partial charge in [-0.2, -0.15) is 0 Å². The number of esters is 2. The fourth-order valence-electron chi connectivity index (χ4n) is 6.41. The Kier molecular flexibility index (Phi) is 12.9. The SMILES string of the molecule is COc1cc2c(cc1[C@@H](O[Si](C)(C)C(C)(C)C)[C@H](COC(C)=O)[C@H](COC(C)=O)CO[Si](c1ccccc1)(c1ccccc1)C(C)(C)C)OCO2. The molecule has 0 spiro atoms. The topological polar surface area (TPSA) is 98.8 Å². The van der Waals surface area contributed by atoms with Crippen LogP contribution in [-0.2, 0) is 27.9 Å². The molecule has 3 aromatic rings. The van der Waals surface area contributed by atoms with E-state index in [0.29, 0.717) is 17.2 Å². The largest absolute Gasteiger partial charge is 0.496 e. The molecule has 1 heterocycles. The van der Waals surface area contributed by atoms with E-state index in [2.05, 4.69) is 78.9 Å². The number of methoxy groups -OCH3 is 1. The summed E-state index contributed by atoms with van der Waals surface area (Å²) in [6.07, 6.45) is -0.669. The average Bonchev–Trinajstić information content (AvgIpc) is 3.53. The van der Waals surface area contributed by atoms with E-state index in [1.54, 1.807) is 7.11 Å². The molecule has 0 radical (unpaired) electrons. The zero-order valence-electron chi connectivity index (χ0n) is 32.2. The maximum atomic E-state index is 12.5. The first-order valence-electron chi connectivity index (χ1n) is 17.6. The molecule has 0 amide bonds. The molecule has 0 N–H and O–H groups in total. The number of ether oxygens (including phenoxy) is 5. The van der Waals surface area contributed by atoms with Gasteiger partial charge in [-0.15, -0.1) is 0 Å². The number of benzene rings is 3. The first-order valence-corrected chi connectivity index (χ1v) is 22.4. The fraction of sp³-hybridized carbons (Fsp3) is 0.500. The van der Waals surface area contributed by atoms with Gasteiger partial charge >= 0.3 is 11.9 Å². The van der Waals surface area contributed by atoms with E-state index in [4.69, 9.17) is 32.5 Å². The van der Waals surface area contributed by atoms with Crippen molar-refractivity contribution < 1.29 is 42.1 Å². The summed E-state index contributed by atoms with van der Waals surface area (Å²) in [5.41, 5.74) is 0.724. The molecule has 278 valence electrons. The molecule has 1 aliphatic rings. The van der Waals surface area contributed by atoms with Crippen LogP contribution in [0.25, 0.3) is 0 Å². The van der Waals surface area contributed by atoms with Crippen LogP contribution >= 0.6 is 0 Å². The monoisotopic (exact) mass is 736 g/mol. The van der Waals surface area contributed by atoms with Gasteiger partial charge in [-0.1, -0.05) is 102 Å².